The molecule has 1 saturated heterocycles. The number of hydrogen-bond donors (Lipinski definition) is 1. The lowest BCUT2D eigenvalue weighted by molar-refractivity contribution is -0.141. The standard InChI is InChI=1S/C11H16N2O3/c1-11(7-12)5-2-6-13(8-11)9(14)3-4-10(15)16/h2-6,8H2,1H3,(H,15,16)/t11-/m0/s1. The topological polar surface area (TPSA) is 81.4 Å². The maximum absolute atomic E-state index is 11.7. The van der Waals surface area contributed by atoms with Crippen molar-refractivity contribution in [2.45, 2.75) is 32.6 Å². The average Bonchev–Trinajstić information content (AvgIpc) is 2.26. The van der Waals surface area contributed by atoms with Crippen LogP contribution in [0.5, 0.6) is 0 Å². The van der Waals surface area contributed by atoms with Crippen LogP contribution in [0.4, 0.5) is 0 Å². The molecular formula is C11H16N2O3. The van der Waals surface area contributed by atoms with Gasteiger partial charge in [0.05, 0.1) is 17.9 Å². The summed E-state index contributed by atoms with van der Waals surface area (Å²) in [5, 5.41) is 17.5. The number of aliphatic carboxylic acids is 1. The lowest BCUT2D eigenvalue weighted by Gasteiger charge is -2.35. The fourth-order valence-electron chi connectivity index (χ4n) is 1.92. The van der Waals surface area contributed by atoms with Gasteiger partial charge >= 0.3 is 5.97 Å². The first-order chi connectivity index (χ1) is 7.47. The van der Waals surface area contributed by atoms with Crippen molar-refractivity contribution in [3.8, 4) is 6.07 Å². The summed E-state index contributed by atoms with van der Waals surface area (Å²) in [5.74, 6) is -1.13. The van der Waals surface area contributed by atoms with Crippen LogP contribution in [0, 0.1) is 16.7 Å². The average molecular weight is 224 g/mol. The smallest absolute Gasteiger partial charge is 0.303 e. The van der Waals surface area contributed by atoms with Gasteiger partial charge in [-0.2, -0.15) is 5.26 Å². The van der Waals surface area contributed by atoms with Crippen LogP contribution < -0.4 is 0 Å². The number of nitrogens with zero attached hydrogens (tertiary/aromatic N) is 2. The van der Waals surface area contributed by atoms with Crippen molar-refractivity contribution in [2.75, 3.05) is 13.1 Å². The maximum Gasteiger partial charge on any atom is 0.303 e. The van der Waals surface area contributed by atoms with Crippen molar-refractivity contribution in [2.24, 2.45) is 5.41 Å². The van der Waals surface area contributed by atoms with E-state index in [1.165, 1.54) is 0 Å². The second-order valence-electron chi connectivity index (χ2n) is 4.49. The number of amides is 1. The van der Waals surface area contributed by atoms with E-state index in [0.29, 0.717) is 13.1 Å². The van der Waals surface area contributed by atoms with E-state index in [-0.39, 0.29) is 18.7 Å². The van der Waals surface area contributed by atoms with Crippen LogP contribution in [0.1, 0.15) is 32.6 Å². The number of likely N-dealkylation sites (tertiary alicyclic amines) is 1. The van der Waals surface area contributed by atoms with Gasteiger partial charge in [-0.3, -0.25) is 9.59 Å². The van der Waals surface area contributed by atoms with E-state index in [9.17, 15) is 9.59 Å². The monoisotopic (exact) mass is 224 g/mol. The molecule has 1 aliphatic heterocycles. The molecule has 1 amide bonds. The summed E-state index contributed by atoms with van der Waals surface area (Å²) >= 11 is 0. The van der Waals surface area contributed by atoms with Crippen molar-refractivity contribution in [3.05, 3.63) is 0 Å². The quantitative estimate of drug-likeness (QED) is 0.775. The molecule has 0 aromatic rings. The molecule has 1 aliphatic rings. The minimum absolute atomic E-state index is 0.0246. The molecule has 0 aromatic heterocycles. The zero-order valence-corrected chi connectivity index (χ0v) is 9.40. The third-order valence-electron chi connectivity index (χ3n) is 2.87. The van der Waals surface area contributed by atoms with Crippen molar-refractivity contribution >= 4 is 11.9 Å². The summed E-state index contributed by atoms with van der Waals surface area (Å²) in [6.07, 6.45) is 1.49. The predicted molar refractivity (Wildman–Crippen MR) is 56.4 cm³/mol. The molecule has 0 aromatic carbocycles. The summed E-state index contributed by atoms with van der Waals surface area (Å²) in [5.41, 5.74) is -0.475. The van der Waals surface area contributed by atoms with Crippen molar-refractivity contribution < 1.29 is 14.7 Å². The van der Waals surface area contributed by atoms with Gasteiger partial charge < -0.3 is 10.0 Å². The first kappa shape index (κ1) is 12.5. The normalized spacial score (nSPS) is 24.9. The Balaban J connectivity index is 2.51. The summed E-state index contributed by atoms with van der Waals surface area (Å²) in [7, 11) is 0. The van der Waals surface area contributed by atoms with Gasteiger partial charge in [-0.25, -0.2) is 0 Å². The minimum Gasteiger partial charge on any atom is -0.481 e. The first-order valence-electron chi connectivity index (χ1n) is 5.38. The summed E-state index contributed by atoms with van der Waals surface area (Å²) in [4.78, 5) is 23.6. The van der Waals surface area contributed by atoms with Crippen LogP contribution in [0.15, 0.2) is 0 Å². The van der Waals surface area contributed by atoms with Gasteiger partial charge in [-0.1, -0.05) is 0 Å². The Bertz CT molecular complexity index is 335. The predicted octanol–water partition coefficient (Wildman–Crippen LogP) is 1.00. The highest BCUT2D eigenvalue weighted by atomic mass is 16.4. The van der Waals surface area contributed by atoms with E-state index in [2.05, 4.69) is 6.07 Å². The van der Waals surface area contributed by atoms with Gasteiger partial charge in [-0.05, 0) is 19.8 Å². The summed E-state index contributed by atoms with van der Waals surface area (Å²) < 4.78 is 0. The minimum atomic E-state index is -0.964. The van der Waals surface area contributed by atoms with Gasteiger partial charge in [0.2, 0.25) is 5.91 Å². The third-order valence-corrected chi connectivity index (χ3v) is 2.87. The highest BCUT2D eigenvalue weighted by Gasteiger charge is 2.32. The van der Waals surface area contributed by atoms with Crippen LogP contribution >= 0.6 is 0 Å². The van der Waals surface area contributed by atoms with Crippen molar-refractivity contribution in [3.63, 3.8) is 0 Å². The number of carboxylic acid groups (broad SMARTS) is 1. The summed E-state index contributed by atoms with van der Waals surface area (Å²) in [6, 6.07) is 2.22. The van der Waals surface area contributed by atoms with Gasteiger partial charge in [0, 0.05) is 19.5 Å². The van der Waals surface area contributed by atoms with Crippen LogP contribution in [0.3, 0.4) is 0 Å². The lowest BCUT2D eigenvalue weighted by Crippen LogP contribution is -2.44. The number of carboxylic acids is 1. The van der Waals surface area contributed by atoms with Gasteiger partial charge in [0.1, 0.15) is 0 Å². The molecule has 88 valence electrons. The SMILES string of the molecule is C[C@@]1(C#N)CCCN(C(=O)CCC(=O)O)C1. The molecule has 0 aliphatic carbocycles. The van der Waals surface area contributed by atoms with E-state index < -0.39 is 11.4 Å². The van der Waals surface area contributed by atoms with Gasteiger partial charge in [0.15, 0.2) is 0 Å². The number of rotatable bonds is 3. The molecule has 0 bridgehead atoms. The Kier molecular flexibility index (Phi) is 3.88. The number of hydrogen-bond acceptors (Lipinski definition) is 3. The Hall–Kier alpha value is -1.57. The molecule has 1 heterocycles. The molecule has 0 radical (unpaired) electrons. The molecule has 5 heteroatoms. The number of piperidine rings is 1. The summed E-state index contributed by atoms with van der Waals surface area (Å²) in [6.45, 7) is 2.89. The highest BCUT2D eigenvalue weighted by molar-refractivity contribution is 5.80. The Morgan fingerprint density at radius 2 is 2.19 bits per heavy atom. The molecule has 1 atom stereocenters. The molecule has 1 N–H and O–H groups in total. The zero-order chi connectivity index (χ0) is 12.2. The molecular weight excluding hydrogens is 208 g/mol. The van der Waals surface area contributed by atoms with Crippen LogP contribution in [0.2, 0.25) is 0 Å². The number of nitriles is 1. The number of carbonyl (C=O) groups excluding carboxylic acids is 1. The second-order valence-corrected chi connectivity index (χ2v) is 4.49. The van der Waals surface area contributed by atoms with Crippen LogP contribution in [0.25, 0.3) is 0 Å². The molecule has 5 nitrogen and oxygen atoms in total. The molecule has 1 fully saturated rings. The van der Waals surface area contributed by atoms with Crippen LogP contribution in [-0.4, -0.2) is 35.0 Å². The molecule has 16 heavy (non-hydrogen) atoms. The molecule has 0 spiro atoms. The van der Waals surface area contributed by atoms with Crippen LogP contribution in [-0.2, 0) is 9.59 Å². The van der Waals surface area contributed by atoms with E-state index >= 15 is 0 Å². The van der Waals surface area contributed by atoms with Crippen molar-refractivity contribution in [1.82, 2.24) is 4.90 Å². The third kappa shape index (κ3) is 3.23. The molecule has 1 rings (SSSR count). The zero-order valence-electron chi connectivity index (χ0n) is 9.40. The fourth-order valence-corrected chi connectivity index (χ4v) is 1.92. The highest BCUT2D eigenvalue weighted by Crippen LogP contribution is 2.28. The first-order valence-corrected chi connectivity index (χ1v) is 5.38. The van der Waals surface area contributed by atoms with Crippen molar-refractivity contribution in [1.29, 1.82) is 5.26 Å². The van der Waals surface area contributed by atoms with E-state index in [0.717, 1.165) is 12.8 Å². The van der Waals surface area contributed by atoms with E-state index in [1.807, 2.05) is 6.92 Å². The second kappa shape index (κ2) is 4.97. The lowest BCUT2D eigenvalue weighted by atomic mass is 9.83. The Morgan fingerprint density at radius 1 is 1.50 bits per heavy atom. The Morgan fingerprint density at radius 3 is 2.75 bits per heavy atom. The largest absolute Gasteiger partial charge is 0.481 e. The Labute approximate surface area is 94.7 Å². The number of carbonyl (C=O) groups is 2. The van der Waals surface area contributed by atoms with Gasteiger partial charge in [0.25, 0.3) is 0 Å². The fraction of sp³-hybridized carbons (Fsp3) is 0.727. The molecule has 0 unspecified atom stereocenters. The van der Waals surface area contributed by atoms with Gasteiger partial charge in [-0.15, -0.1) is 0 Å². The maximum atomic E-state index is 11.7. The van der Waals surface area contributed by atoms with E-state index in [1.54, 1.807) is 4.90 Å². The molecule has 0 saturated carbocycles. The van der Waals surface area contributed by atoms with E-state index in [4.69, 9.17) is 10.4 Å².